The predicted octanol–water partition coefficient (Wildman–Crippen LogP) is 3.10. The van der Waals surface area contributed by atoms with Gasteiger partial charge in [-0.1, -0.05) is 57.5 Å². The van der Waals surface area contributed by atoms with Crippen molar-refractivity contribution >= 4 is 41.4 Å². The third-order valence-corrected chi connectivity index (χ3v) is 10.9. The number of hydrogen-bond acceptors (Lipinski definition) is 8. The van der Waals surface area contributed by atoms with Crippen molar-refractivity contribution < 1.29 is 47.1 Å². The number of alkyl carbamates (subject to hydrolysis) is 1. The Hall–Kier alpha value is -4.63. The van der Waals surface area contributed by atoms with Gasteiger partial charge in [0.25, 0.3) is 5.91 Å². The molecule has 4 N–H and O–H groups in total. The number of carbonyl (C=O) groups excluding carboxylic acids is 7. The van der Waals surface area contributed by atoms with Crippen molar-refractivity contribution in [3.63, 3.8) is 0 Å². The van der Waals surface area contributed by atoms with Crippen molar-refractivity contribution in [1.82, 2.24) is 31.1 Å². The number of fused-ring (bicyclic) bond motifs is 1. The highest BCUT2D eigenvalue weighted by Crippen LogP contribution is 2.65. The van der Waals surface area contributed by atoms with Crippen molar-refractivity contribution in [2.75, 3.05) is 27.2 Å². The van der Waals surface area contributed by atoms with Crippen LogP contribution < -0.4 is 21.3 Å². The molecule has 4 rings (SSSR count). The fraction of sp³-hybridized carbons (Fsp3) is 0.667. The molecule has 16 heteroatoms. The van der Waals surface area contributed by atoms with E-state index >= 15 is 0 Å². The minimum atomic E-state index is -2.88. The first-order chi connectivity index (χ1) is 25.6. The van der Waals surface area contributed by atoms with E-state index in [4.69, 9.17) is 4.74 Å². The highest BCUT2D eigenvalue weighted by atomic mass is 19.3. The Bertz CT molecular complexity index is 1620. The SMILES string of the molecule is CCCC(NC(=O)C1[C@@H]2[C@H](CN1C(=O)C(NC(=O)OC(C)(C)C)C1CCC(F)(F)CC1)C2(C)C)C(=O)C(=O)NCC(=O)N[C@H](C(=O)N(C)C)c1ccccc1. The second-order valence-electron chi connectivity index (χ2n) is 16.7. The van der Waals surface area contributed by atoms with E-state index in [0.29, 0.717) is 12.0 Å². The summed E-state index contributed by atoms with van der Waals surface area (Å²) in [4.78, 5) is 96.3. The topological polar surface area (TPSA) is 183 Å². The molecule has 55 heavy (non-hydrogen) atoms. The van der Waals surface area contributed by atoms with Crippen molar-refractivity contribution in [1.29, 1.82) is 0 Å². The number of ketones is 1. The number of piperidine rings is 1. The molecule has 6 atom stereocenters. The molecule has 304 valence electrons. The number of amides is 6. The van der Waals surface area contributed by atoms with E-state index in [1.807, 2.05) is 13.8 Å². The number of carbonyl (C=O) groups is 7. The third-order valence-electron chi connectivity index (χ3n) is 10.9. The van der Waals surface area contributed by atoms with E-state index in [1.165, 1.54) is 23.9 Å². The number of ether oxygens (including phenoxy) is 1. The van der Waals surface area contributed by atoms with Crippen LogP contribution in [0.25, 0.3) is 0 Å². The van der Waals surface area contributed by atoms with Gasteiger partial charge in [0.15, 0.2) is 0 Å². The lowest BCUT2D eigenvalue weighted by Crippen LogP contribution is -2.60. The summed E-state index contributed by atoms with van der Waals surface area (Å²) in [6, 6.07) is 3.91. The number of Topliss-reactive ketones (excluding diaryl/α,β-unsaturated/α-hetero) is 1. The van der Waals surface area contributed by atoms with Gasteiger partial charge in [0.05, 0.1) is 12.6 Å². The fourth-order valence-electron chi connectivity index (χ4n) is 7.83. The number of halogens is 2. The Kier molecular flexibility index (Phi) is 13.3. The van der Waals surface area contributed by atoms with E-state index in [2.05, 4.69) is 21.3 Å². The highest BCUT2D eigenvalue weighted by Gasteiger charge is 2.70. The lowest BCUT2D eigenvalue weighted by Gasteiger charge is -2.38. The Morgan fingerprint density at radius 2 is 1.58 bits per heavy atom. The number of benzene rings is 1. The van der Waals surface area contributed by atoms with Crippen LogP contribution in [0, 0.1) is 23.2 Å². The molecule has 6 amide bonds. The Balaban J connectivity index is 1.47. The van der Waals surface area contributed by atoms with Gasteiger partial charge in [-0.25, -0.2) is 13.6 Å². The zero-order chi connectivity index (χ0) is 41.0. The van der Waals surface area contributed by atoms with E-state index in [-0.39, 0.29) is 43.1 Å². The molecule has 2 aliphatic carbocycles. The summed E-state index contributed by atoms with van der Waals surface area (Å²) < 4.78 is 33.7. The van der Waals surface area contributed by atoms with E-state index in [9.17, 15) is 42.3 Å². The van der Waals surface area contributed by atoms with Gasteiger partial charge in [-0.3, -0.25) is 28.8 Å². The van der Waals surface area contributed by atoms with Crippen LogP contribution in [0.2, 0.25) is 0 Å². The predicted molar refractivity (Wildman–Crippen MR) is 197 cm³/mol. The number of likely N-dealkylation sites (tertiary alicyclic amines) is 1. The van der Waals surface area contributed by atoms with Crippen LogP contribution in [0.15, 0.2) is 30.3 Å². The normalized spacial score (nSPS) is 22.9. The summed E-state index contributed by atoms with van der Waals surface area (Å²) >= 11 is 0. The monoisotopic (exact) mass is 774 g/mol. The van der Waals surface area contributed by atoms with Gasteiger partial charge in [-0.2, -0.15) is 0 Å². The lowest BCUT2D eigenvalue weighted by molar-refractivity contribution is -0.145. The van der Waals surface area contributed by atoms with Gasteiger partial charge in [-0.15, -0.1) is 0 Å². The summed E-state index contributed by atoms with van der Waals surface area (Å²) in [5, 5.41) is 10.2. The molecule has 14 nitrogen and oxygen atoms in total. The molecular formula is C39H56F2N6O8. The molecular weight excluding hydrogens is 718 g/mol. The van der Waals surface area contributed by atoms with E-state index < -0.39 is 102 Å². The molecule has 1 aliphatic heterocycles. The van der Waals surface area contributed by atoms with Gasteiger partial charge in [0.1, 0.15) is 23.7 Å². The van der Waals surface area contributed by atoms with Gasteiger partial charge < -0.3 is 35.8 Å². The van der Waals surface area contributed by atoms with Gasteiger partial charge >= 0.3 is 6.09 Å². The summed E-state index contributed by atoms with van der Waals surface area (Å²) in [5.74, 6) is -8.41. The maximum Gasteiger partial charge on any atom is 0.408 e. The minimum absolute atomic E-state index is 0.0264. The maximum absolute atomic E-state index is 14.3. The average Bonchev–Trinajstić information content (AvgIpc) is 3.41. The molecule has 3 aliphatic rings. The molecule has 1 saturated heterocycles. The zero-order valence-corrected chi connectivity index (χ0v) is 33.0. The van der Waals surface area contributed by atoms with Crippen molar-refractivity contribution in [3.05, 3.63) is 35.9 Å². The molecule has 0 aromatic heterocycles. The zero-order valence-electron chi connectivity index (χ0n) is 33.0. The first kappa shape index (κ1) is 43.1. The van der Waals surface area contributed by atoms with Crippen LogP contribution in [0.1, 0.15) is 91.7 Å². The first-order valence-electron chi connectivity index (χ1n) is 18.9. The molecule has 3 fully saturated rings. The van der Waals surface area contributed by atoms with Gasteiger partial charge in [0, 0.05) is 33.5 Å². The summed E-state index contributed by atoms with van der Waals surface area (Å²) in [7, 11) is 3.08. The average molecular weight is 775 g/mol. The van der Waals surface area contributed by atoms with Crippen LogP contribution in [-0.4, -0.2) is 108 Å². The van der Waals surface area contributed by atoms with Gasteiger partial charge in [-0.05, 0) is 68.8 Å². The number of likely N-dealkylation sites (N-methyl/N-ethyl adjacent to an activating group) is 1. The number of rotatable bonds is 14. The summed E-state index contributed by atoms with van der Waals surface area (Å²) in [5.41, 5.74) is -0.707. The van der Waals surface area contributed by atoms with Crippen LogP contribution in [-0.2, 0) is 33.5 Å². The number of nitrogens with one attached hydrogen (secondary N) is 4. The smallest absolute Gasteiger partial charge is 0.408 e. The molecule has 0 radical (unpaired) electrons. The van der Waals surface area contributed by atoms with Crippen LogP contribution >= 0.6 is 0 Å². The quantitative estimate of drug-likeness (QED) is 0.208. The van der Waals surface area contributed by atoms with E-state index in [0.717, 1.165) is 0 Å². The molecule has 1 aromatic rings. The largest absolute Gasteiger partial charge is 0.444 e. The van der Waals surface area contributed by atoms with Crippen molar-refractivity contribution in [2.24, 2.45) is 23.2 Å². The molecule has 2 saturated carbocycles. The Morgan fingerprint density at radius 3 is 2.15 bits per heavy atom. The van der Waals surface area contributed by atoms with E-state index in [1.54, 1.807) is 58.0 Å². The van der Waals surface area contributed by atoms with Crippen LogP contribution in [0.3, 0.4) is 0 Å². The van der Waals surface area contributed by atoms with Gasteiger partial charge in [0.2, 0.25) is 35.3 Å². The number of alkyl halides is 2. The fourth-order valence-corrected chi connectivity index (χ4v) is 7.83. The highest BCUT2D eigenvalue weighted by molar-refractivity contribution is 6.38. The second kappa shape index (κ2) is 17.0. The van der Waals surface area contributed by atoms with Crippen molar-refractivity contribution in [3.8, 4) is 0 Å². The molecule has 0 spiro atoms. The number of nitrogens with zero attached hydrogens (tertiary/aromatic N) is 2. The maximum atomic E-state index is 14.3. The molecule has 0 bridgehead atoms. The molecule has 3 unspecified atom stereocenters. The standard InChI is InChI=1S/C39H56F2N6O8/c1-9-13-25(31(49)33(51)42-20-26(48)44-28(34(52)46(7)8)22-14-11-10-12-15-22)43-32(50)30-27-24(38(27,5)6)21-47(30)35(53)29(45-36(54)55-37(2,3)4)23-16-18-39(40,41)19-17-23/h10-12,14-15,23-25,27-30H,9,13,16-21H2,1-8H3,(H,42,51)(H,43,50)(H,44,48)(H,45,54)/t24-,25?,27-,28-,29?,30?/m0/s1. The Morgan fingerprint density at radius 1 is 0.964 bits per heavy atom. The number of hydrogen-bond donors (Lipinski definition) is 4. The lowest BCUT2D eigenvalue weighted by atomic mass is 9.81. The van der Waals surface area contributed by atoms with Crippen molar-refractivity contribution in [2.45, 2.75) is 116 Å². The molecule has 1 aromatic carbocycles. The Labute approximate surface area is 321 Å². The third kappa shape index (κ3) is 10.6. The summed E-state index contributed by atoms with van der Waals surface area (Å²) in [6.07, 6.45) is -1.37. The first-order valence-corrected chi connectivity index (χ1v) is 18.9. The molecule has 1 heterocycles. The van der Waals surface area contributed by atoms with Crippen LogP contribution in [0.4, 0.5) is 13.6 Å². The second-order valence-corrected chi connectivity index (χ2v) is 16.7. The minimum Gasteiger partial charge on any atom is -0.444 e. The van der Waals surface area contributed by atoms with Crippen LogP contribution in [0.5, 0.6) is 0 Å². The summed E-state index contributed by atoms with van der Waals surface area (Å²) in [6.45, 7) is 10.2.